The summed E-state index contributed by atoms with van der Waals surface area (Å²) in [6.07, 6.45) is 0. The second-order valence-corrected chi connectivity index (χ2v) is 6.10. The van der Waals surface area contributed by atoms with E-state index in [0.29, 0.717) is 37.3 Å². The number of nitro benzene ring substituents is 1. The first-order chi connectivity index (χ1) is 11.5. The molecular weight excluding hydrogens is 350 g/mol. The largest absolute Gasteiger partial charge is 0.493 e. The van der Waals surface area contributed by atoms with Crippen LogP contribution in [0.15, 0.2) is 12.1 Å². The molecule has 0 aliphatic carbocycles. The summed E-state index contributed by atoms with van der Waals surface area (Å²) in [6.45, 7) is 5.22. The van der Waals surface area contributed by atoms with E-state index in [9.17, 15) is 14.9 Å². The molecule has 0 saturated carbocycles. The van der Waals surface area contributed by atoms with Gasteiger partial charge in [0.05, 0.1) is 24.7 Å². The van der Waals surface area contributed by atoms with Gasteiger partial charge in [-0.1, -0.05) is 0 Å². The molecule has 2 atom stereocenters. The number of nitrogens with zero attached hydrogens (tertiary/aromatic N) is 2. The molecule has 1 aromatic rings. The predicted octanol–water partition coefficient (Wildman–Crippen LogP) is 1.72. The van der Waals surface area contributed by atoms with Crippen LogP contribution in [0, 0.1) is 22.0 Å². The maximum Gasteiger partial charge on any atom is 0.286 e. The Kier molecular flexibility index (Phi) is 6.07. The number of halogens is 1. The molecular formula is C16H22ClN3O5. The van der Waals surface area contributed by atoms with E-state index >= 15 is 0 Å². The molecule has 0 spiro atoms. The molecule has 2 fully saturated rings. The van der Waals surface area contributed by atoms with Gasteiger partial charge in [0, 0.05) is 32.2 Å². The van der Waals surface area contributed by atoms with Gasteiger partial charge in [0.15, 0.2) is 11.5 Å². The van der Waals surface area contributed by atoms with Gasteiger partial charge in [-0.15, -0.1) is 12.4 Å². The summed E-state index contributed by atoms with van der Waals surface area (Å²) < 4.78 is 10.6. The monoisotopic (exact) mass is 371 g/mol. The Morgan fingerprint density at radius 3 is 2.48 bits per heavy atom. The second kappa shape index (κ2) is 7.88. The number of methoxy groups -OCH3 is 1. The van der Waals surface area contributed by atoms with Crippen LogP contribution in [0.2, 0.25) is 0 Å². The van der Waals surface area contributed by atoms with Crippen molar-refractivity contribution in [1.82, 2.24) is 10.2 Å². The van der Waals surface area contributed by atoms with E-state index in [1.165, 1.54) is 19.2 Å². The molecule has 2 saturated heterocycles. The average Bonchev–Trinajstić information content (AvgIpc) is 3.15. The topological polar surface area (TPSA) is 93.9 Å². The number of carbonyl (C=O) groups excluding carboxylic acids is 1. The predicted molar refractivity (Wildman–Crippen MR) is 93.8 cm³/mol. The lowest BCUT2D eigenvalue weighted by molar-refractivity contribution is -0.385. The van der Waals surface area contributed by atoms with Crippen LogP contribution in [0.3, 0.4) is 0 Å². The average molecular weight is 372 g/mol. The van der Waals surface area contributed by atoms with Crippen molar-refractivity contribution in [3.63, 3.8) is 0 Å². The van der Waals surface area contributed by atoms with E-state index in [4.69, 9.17) is 9.47 Å². The molecule has 1 aromatic carbocycles. The number of nitrogens with one attached hydrogen (secondary N) is 1. The van der Waals surface area contributed by atoms with Gasteiger partial charge in [-0.3, -0.25) is 14.9 Å². The summed E-state index contributed by atoms with van der Waals surface area (Å²) >= 11 is 0. The highest BCUT2D eigenvalue weighted by Crippen LogP contribution is 2.36. The Morgan fingerprint density at radius 1 is 1.32 bits per heavy atom. The quantitative estimate of drug-likeness (QED) is 0.625. The number of ether oxygens (including phenoxy) is 2. The fraction of sp³-hybridized carbons (Fsp3) is 0.562. The maximum atomic E-state index is 12.9. The molecule has 8 nitrogen and oxygen atoms in total. The van der Waals surface area contributed by atoms with E-state index in [0.717, 1.165) is 13.1 Å². The third-order valence-electron chi connectivity index (χ3n) is 4.69. The lowest BCUT2D eigenvalue weighted by atomic mass is 10.0. The van der Waals surface area contributed by atoms with Crippen molar-refractivity contribution in [3.05, 3.63) is 27.8 Å². The molecule has 138 valence electrons. The number of fused-ring (bicyclic) bond motifs is 1. The Morgan fingerprint density at radius 2 is 1.96 bits per heavy atom. The van der Waals surface area contributed by atoms with Crippen LogP contribution < -0.4 is 14.8 Å². The normalized spacial score (nSPS) is 21.4. The van der Waals surface area contributed by atoms with Crippen LogP contribution in [0.4, 0.5) is 5.69 Å². The van der Waals surface area contributed by atoms with Crippen molar-refractivity contribution in [1.29, 1.82) is 0 Å². The van der Waals surface area contributed by atoms with Gasteiger partial charge >= 0.3 is 0 Å². The van der Waals surface area contributed by atoms with Crippen molar-refractivity contribution in [2.24, 2.45) is 11.8 Å². The summed E-state index contributed by atoms with van der Waals surface area (Å²) in [5, 5.41) is 14.7. The molecule has 25 heavy (non-hydrogen) atoms. The Bertz CT molecular complexity index is 657. The van der Waals surface area contributed by atoms with E-state index in [1.807, 2.05) is 0 Å². The third-order valence-corrected chi connectivity index (χ3v) is 4.69. The van der Waals surface area contributed by atoms with Gasteiger partial charge in [-0.05, 0) is 18.8 Å². The fourth-order valence-electron chi connectivity index (χ4n) is 3.49. The Labute approximate surface area is 152 Å². The van der Waals surface area contributed by atoms with E-state index in [-0.39, 0.29) is 35.3 Å². The summed E-state index contributed by atoms with van der Waals surface area (Å²) in [6, 6.07) is 2.69. The van der Waals surface area contributed by atoms with Gasteiger partial charge < -0.3 is 19.7 Å². The molecule has 9 heteroatoms. The number of nitro groups is 1. The van der Waals surface area contributed by atoms with Crippen LogP contribution in [-0.4, -0.2) is 55.6 Å². The highest BCUT2D eigenvalue weighted by Gasteiger charge is 2.40. The standard InChI is InChI=1S/C16H21N3O5.ClH/c1-3-24-15-4-12(13(19(21)22)5-14(15)23-2)16(20)18-8-10-6-17-7-11(10)9-18;/h4-5,10-11,17H,3,6-9H2,1-2H3;1H/t10-,11+;. The molecule has 0 unspecified atom stereocenters. The molecule has 0 aromatic heterocycles. The number of hydrogen-bond donors (Lipinski definition) is 1. The lowest BCUT2D eigenvalue weighted by Gasteiger charge is -2.18. The SMILES string of the molecule is CCOc1cc(C(=O)N2C[C@H]3CNC[C@H]3C2)c([N+](=O)[O-])cc1OC.Cl. The molecule has 1 amide bonds. The highest BCUT2D eigenvalue weighted by atomic mass is 35.5. The summed E-state index contributed by atoms with van der Waals surface area (Å²) in [5.41, 5.74) is -0.201. The Balaban J connectivity index is 0.00000225. The molecule has 2 heterocycles. The summed E-state index contributed by atoms with van der Waals surface area (Å²) in [5.74, 6) is 1.13. The van der Waals surface area contributed by atoms with Crippen LogP contribution in [0.5, 0.6) is 11.5 Å². The fourth-order valence-corrected chi connectivity index (χ4v) is 3.49. The first-order valence-corrected chi connectivity index (χ1v) is 8.04. The minimum atomic E-state index is -0.552. The van der Waals surface area contributed by atoms with E-state index in [2.05, 4.69) is 5.32 Å². The van der Waals surface area contributed by atoms with Crippen molar-refractivity contribution in [2.75, 3.05) is 39.9 Å². The lowest BCUT2D eigenvalue weighted by Crippen LogP contribution is -2.32. The molecule has 2 aliphatic heterocycles. The molecule has 0 radical (unpaired) electrons. The zero-order valence-corrected chi connectivity index (χ0v) is 15.0. The summed E-state index contributed by atoms with van der Waals surface area (Å²) in [4.78, 5) is 25.4. The van der Waals surface area contributed by atoms with Crippen LogP contribution in [0.1, 0.15) is 17.3 Å². The molecule has 2 aliphatic rings. The second-order valence-electron chi connectivity index (χ2n) is 6.10. The Hall–Kier alpha value is -2.06. The zero-order valence-electron chi connectivity index (χ0n) is 14.2. The van der Waals surface area contributed by atoms with E-state index < -0.39 is 4.92 Å². The maximum absolute atomic E-state index is 12.9. The van der Waals surface area contributed by atoms with E-state index in [1.54, 1.807) is 11.8 Å². The van der Waals surface area contributed by atoms with Crippen molar-refractivity contribution < 1.29 is 19.2 Å². The smallest absolute Gasteiger partial charge is 0.286 e. The van der Waals surface area contributed by atoms with Gasteiger partial charge in [0.1, 0.15) is 5.56 Å². The molecule has 0 bridgehead atoms. The molecule has 3 rings (SSSR count). The van der Waals surface area contributed by atoms with Crippen molar-refractivity contribution in [3.8, 4) is 11.5 Å². The third kappa shape index (κ3) is 3.64. The van der Waals surface area contributed by atoms with Crippen LogP contribution >= 0.6 is 12.4 Å². The number of rotatable bonds is 5. The minimum Gasteiger partial charge on any atom is -0.493 e. The molecule has 1 N–H and O–H groups in total. The summed E-state index contributed by atoms with van der Waals surface area (Å²) in [7, 11) is 1.41. The van der Waals surface area contributed by atoms with Crippen LogP contribution in [0.25, 0.3) is 0 Å². The number of likely N-dealkylation sites (tertiary alicyclic amines) is 1. The number of benzene rings is 1. The first-order valence-electron chi connectivity index (χ1n) is 8.04. The number of amides is 1. The van der Waals surface area contributed by atoms with Crippen LogP contribution in [-0.2, 0) is 0 Å². The minimum absolute atomic E-state index is 0. The van der Waals surface area contributed by atoms with Gasteiger partial charge in [-0.2, -0.15) is 0 Å². The van der Waals surface area contributed by atoms with Gasteiger partial charge in [-0.25, -0.2) is 0 Å². The number of carbonyl (C=O) groups is 1. The van der Waals surface area contributed by atoms with Crippen molar-refractivity contribution in [2.45, 2.75) is 6.92 Å². The van der Waals surface area contributed by atoms with Gasteiger partial charge in [0.25, 0.3) is 11.6 Å². The first kappa shape index (κ1) is 19.3. The highest BCUT2D eigenvalue weighted by molar-refractivity contribution is 5.99. The number of hydrogen-bond acceptors (Lipinski definition) is 6. The van der Waals surface area contributed by atoms with Crippen molar-refractivity contribution >= 4 is 24.0 Å². The zero-order chi connectivity index (χ0) is 17.3. The van der Waals surface area contributed by atoms with Gasteiger partial charge in [0.2, 0.25) is 0 Å².